The molecule has 6 aromatic rings. The first kappa shape index (κ1) is 157. The number of nitrogens with one attached hydrogen (secondary N) is 1. The molecule has 2 nitrogen and oxygen atoms in total. The fraction of sp³-hybridized carbons (Fsp3) is 0.0909. The topological polar surface area (TPSA) is 25.2 Å². The van der Waals surface area contributed by atoms with Crippen molar-refractivity contribution in [2.75, 3.05) is 5.32 Å². The Balaban J connectivity index is 0.000000779. The van der Waals surface area contributed by atoms with Crippen molar-refractivity contribution in [3.05, 3.63) is 120 Å². The second kappa shape index (κ2) is 124. The molecule has 0 saturated carbocycles. The first-order valence-corrected chi connectivity index (χ1v) is 180. The van der Waals surface area contributed by atoms with Crippen molar-refractivity contribution < 1.29 is 4.42 Å². The van der Waals surface area contributed by atoms with Gasteiger partial charge in [-0.1, -0.05) is 105 Å². The van der Waals surface area contributed by atoms with Crippen LogP contribution in [0, 0.1) is 0 Å². The molecule has 0 aliphatic heterocycles. The van der Waals surface area contributed by atoms with Gasteiger partial charge in [0, 0.05) is 1050 Å². The molecule has 1 heterocycles. The van der Waals surface area contributed by atoms with Crippen molar-refractivity contribution in [1.82, 2.24) is 0 Å². The maximum absolute atomic E-state index is 6.36. The minimum atomic E-state index is -0.0248. The minimum Gasteiger partial charge on any atom is -0.455 e. The lowest BCUT2D eigenvalue weighted by atomic mass is 9.82. The summed E-state index contributed by atoms with van der Waals surface area (Å²) in [6, 6.07) is 38.6. The number of rotatable bonds is 3. The lowest BCUT2D eigenvalue weighted by molar-refractivity contribution is 0.660. The van der Waals surface area contributed by atoms with Crippen molar-refractivity contribution in [3.8, 4) is 22.3 Å². The van der Waals surface area contributed by atoms with Gasteiger partial charge in [-0.05, 0) is 34.9 Å². The molecule has 0 saturated heterocycles. The summed E-state index contributed by atoms with van der Waals surface area (Å²) in [5.74, 6) is 0. The van der Waals surface area contributed by atoms with Crippen LogP contribution in [0.25, 0.3) is 44.2 Å². The lowest BCUT2D eigenvalue weighted by Gasteiger charge is -2.22. The maximum atomic E-state index is 6.36. The van der Waals surface area contributed by atoms with Gasteiger partial charge in [0.2, 0.25) is 0 Å². The van der Waals surface area contributed by atoms with Crippen LogP contribution in [0.4, 0.5) is 11.4 Å². The van der Waals surface area contributed by atoms with Crippen LogP contribution in [0.5, 0.6) is 0 Å². The van der Waals surface area contributed by atoms with Gasteiger partial charge in [0.15, 0.2) is 0 Å². The Morgan fingerprint density at radius 1 is 0.162 bits per heavy atom. The van der Waals surface area contributed by atoms with E-state index in [1.807, 2.05) is 874 Å². The summed E-state index contributed by atoms with van der Waals surface area (Å²) in [6.45, 7) is 4.63. The van der Waals surface area contributed by atoms with E-state index in [-0.39, 0.29) is 5.41 Å². The Labute approximate surface area is 1180 Å². The van der Waals surface area contributed by atoms with Gasteiger partial charge in [-0.3, -0.25) is 0 Å². The molecule has 0 unspecified atom stereocenters. The van der Waals surface area contributed by atoms with E-state index in [0.717, 1.165) is 44.4 Å². The number of furan rings is 1. The largest absolute Gasteiger partial charge is 0.455 e. The highest BCUT2D eigenvalue weighted by Crippen LogP contribution is 2.52. The van der Waals surface area contributed by atoms with E-state index in [9.17, 15) is 0 Å². The second-order valence-corrected chi connectivity index (χ2v) is 214. The van der Waals surface area contributed by atoms with E-state index >= 15 is 0 Å². The van der Waals surface area contributed by atoms with Crippen LogP contribution in [-0.4, -0.2) is 0 Å². The lowest BCUT2D eigenvalue weighted by Crippen LogP contribution is -2.14. The van der Waals surface area contributed by atoms with Crippen molar-refractivity contribution in [1.29, 1.82) is 0 Å². The third kappa shape index (κ3) is 91.3. The van der Waals surface area contributed by atoms with Crippen LogP contribution in [0.1, 0.15) is 25.0 Å². The number of fused-ring (bicyclic) bond motifs is 6. The summed E-state index contributed by atoms with van der Waals surface area (Å²) in [7, 11) is 201. The molecule has 0 atom stereocenters. The van der Waals surface area contributed by atoms with Crippen LogP contribution in [-0.2, 0) is 1010 Å². The SMILES string of the molecule is CC1(C)c2ccccc2-c2c(Nc3ccccc3-c3cccc4c3oc3ccccc34)cccc21.S=S=S=S=S=S=S=S=S=S=S=S=S=S=S=S=S=S=S=S=S=S=S=S=S=S=S=S=S=S=S=S=S=S=S=S=S=S=S=S=S=S=S=S=S=S=S=S=S=S=S=S=S=S=S=S=S=S=S=S=S=S=S=S=S=S=S=S=S=S=S=S=S=S=S=S=S=S=S=S=S=S=S=S=S=S=S=S=S=S=S=S=S=S=S=S=S=S=S=S=S=S=S=S=S=S=S=S=S=S=S=S=S. The van der Waals surface area contributed by atoms with Gasteiger partial charge in [-0.25, -0.2) is 0 Å². The van der Waals surface area contributed by atoms with Gasteiger partial charge < -0.3 is 9.73 Å². The van der Waals surface area contributed by atoms with Crippen LogP contribution in [0.3, 0.4) is 0 Å². The smallest absolute Gasteiger partial charge is 0.143 e. The van der Waals surface area contributed by atoms with Crippen LogP contribution in [0.2, 0.25) is 0 Å². The highest BCUT2D eigenvalue weighted by molar-refractivity contribution is 8.89. The molecule has 115 heteroatoms. The third-order valence-electron chi connectivity index (χ3n) is 10.6. The van der Waals surface area contributed by atoms with E-state index in [4.69, 9.17) is 26.8 Å². The zero-order valence-corrected chi connectivity index (χ0v) is 158. The molecule has 0 fully saturated rings. The second-order valence-electron chi connectivity index (χ2n) is 17.4. The van der Waals surface area contributed by atoms with Crippen LogP contribution >= 0.6 is 0 Å². The predicted molar refractivity (Wildman–Crippen MR) is 979 cm³/mol. The highest BCUT2D eigenvalue weighted by Gasteiger charge is 2.36. The molecule has 0 bridgehead atoms. The zero-order valence-electron chi connectivity index (χ0n) is 65.9. The quantitative estimate of drug-likeness (QED) is 0.192. The number of benzene rings is 5. The van der Waals surface area contributed by atoms with Gasteiger partial charge in [-0.2, -0.15) is 0 Å². The van der Waals surface area contributed by atoms with Crippen LogP contribution < -0.4 is 5.32 Å². The Morgan fingerprint density at radius 2 is 0.331 bits per heavy atom. The fourth-order valence-electron chi connectivity index (χ4n) is 7.03. The van der Waals surface area contributed by atoms with E-state index in [2.05, 4.69) is 116 Å². The monoisotopic (exact) mass is 4060 g/mol. The molecule has 846 valence electrons. The molecule has 5 aromatic carbocycles. The van der Waals surface area contributed by atoms with E-state index in [1.54, 1.807) is 107 Å². The molecule has 1 N–H and O–H groups in total. The van der Waals surface area contributed by atoms with E-state index in [0.29, 0.717) is 0 Å². The molecule has 7 rings (SSSR count). The third-order valence-corrected chi connectivity index (χ3v) is 255. The summed E-state index contributed by atoms with van der Waals surface area (Å²) >= 11 is 9.67. The molecular formula is C33H25NOS113. The molecule has 0 amide bonds. The first-order valence-electron chi connectivity index (χ1n) is 30.8. The maximum Gasteiger partial charge on any atom is 0.143 e. The highest BCUT2D eigenvalue weighted by atomic mass is 33.6. The average Bonchev–Trinajstić information content (AvgIpc) is 1.57. The van der Waals surface area contributed by atoms with Crippen molar-refractivity contribution in [2.24, 2.45) is 0 Å². The standard InChI is InChI=1S/C33H25NO.S113/c1-33(2)26-16-6-3-13-25(26)31-27(33)17-10-19-29(31)34-28-18-7-4-11-21(28)23-14-9-15-24-22-12-5-8-20-30(22)35-32(23)24;1-3-5-7-9-11-13-15-17-19-21-23-25-27-29-31-33-35-37-39-41-43-45-47-49-51-53-55-57-59-61-63-65-67-69-71-73-75-77-79-81-83-85-87-89-91-93-95-97-99-101-103-105-107-109-111-113-112-110-108-106-104-102-100-98-96-94-92-90-88-86-84-82-80-78-76-74-72-70-68-66-64-62-60-58-56-54-52-50-48-46-44-42-40-38-36-34-32-30-28-26-24-22-20-18-16-14-12-10-8-6-4-2/h3-20,34H,1-2H3;. The summed E-state index contributed by atoms with van der Waals surface area (Å²) in [5.41, 5.74) is 11.6. The summed E-state index contributed by atoms with van der Waals surface area (Å²) in [4.78, 5) is 0. The number of para-hydroxylation sites is 3. The van der Waals surface area contributed by atoms with Gasteiger partial charge in [0.05, 0.1) is 0 Å². The minimum absolute atomic E-state index is 0.0248. The van der Waals surface area contributed by atoms with Crippen molar-refractivity contribution in [3.63, 3.8) is 0 Å². The number of anilines is 2. The number of hydrogen-bond donors (Lipinski definition) is 1. The first-order chi connectivity index (χ1) is 73.5. The Morgan fingerprint density at radius 3 is 0.568 bits per heavy atom. The van der Waals surface area contributed by atoms with Gasteiger partial charge in [0.1, 0.15) is 11.2 Å². The summed E-state index contributed by atoms with van der Waals surface area (Å²) in [6.07, 6.45) is 0. The summed E-state index contributed by atoms with van der Waals surface area (Å²) < 4.78 is 6.36. The van der Waals surface area contributed by atoms with Crippen molar-refractivity contribution in [2.45, 2.75) is 19.3 Å². The Bertz CT molecular complexity index is 11400. The molecule has 1 aliphatic carbocycles. The van der Waals surface area contributed by atoms with Gasteiger partial charge >= 0.3 is 0 Å². The predicted octanol–water partition coefficient (Wildman–Crippen LogP) is 9.03. The Kier molecular flexibility index (Phi) is 132. The molecule has 0 radical (unpaired) electrons. The molecule has 1 aliphatic rings. The number of hydrogen-bond acceptors (Lipinski definition) is 4. The van der Waals surface area contributed by atoms with E-state index < -0.39 is 0 Å². The molecular weight excluding hydrogens is 4050 g/mol. The normalized spacial score (nSPS) is 9.26. The molecule has 148 heavy (non-hydrogen) atoms. The Hall–Kier alpha value is 20.6. The fourth-order valence-corrected chi connectivity index (χ4v) is 306. The van der Waals surface area contributed by atoms with Gasteiger partial charge in [0.25, 0.3) is 0 Å². The summed E-state index contributed by atoms with van der Waals surface area (Å²) in [5, 5.41) is 6.10. The molecule has 1 aromatic heterocycles. The van der Waals surface area contributed by atoms with Crippen molar-refractivity contribution >= 4 is 1040 Å². The average molecular weight is 4080 g/mol. The van der Waals surface area contributed by atoms with E-state index in [1.165, 1.54) is 40.0 Å². The van der Waals surface area contributed by atoms with Crippen LogP contribution in [0.15, 0.2) is 114 Å². The molecule has 0 spiro atoms. The zero-order chi connectivity index (χ0) is 104. The van der Waals surface area contributed by atoms with Gasteiger partial charge in [-0.15, -0.1) is 0 Å².